The standard InChI is InChI=1S/C16H21NO2/c1-10(2)12-6-5-7-13-14(9-17(4)16(12)13)11(3)8-15(18)19/h5-7,9-11H,8H2,1-4H3,(H,18,19). The molecule has 102 valence electrons. The number of fused-ring (bicyclic) bond motifs is 1. The van der Waals surface area contributed by atoms with E-state index in [1.54, 1.807) is 0 Å². The molecule has 19 heavy (non-hydrogen) atoms. The SMILES string of the molecule is CC(C)c1cccc2c(C(C)CC(=O)O)cn(C)c12. The van der Waals surface area contributed by atoms with Gasteiger partial charge in [-0.25, -0.2) is 0 Å². The Hall–Kier alpha value is -1.77. The Kier molecular flexibility index (Phi) is 3.65. The summed E-state index contributed by atoms with van der Waals surface area (Å²) in [5.41, 5.74) is 3.67. The highest BCUT2D eigenvalue weighted by Gasteiger charge is 2.18. The van der Waals surface area contributed by atoms with Gasteiger partial charge in [0, 0.05) is 18.6 Å². The largest absolute Gasteiger partial charge is 0.481 e. The lowest BCUT2D eigenvalue weighted by Gasteiger charge is -2.10. The summed E-state index contributed by atoms with van der Waals surface area (Å²) in [4.78, 5) is 10.9. The fourth-order valence-corrected chi connectivity index (χ4v) is 2.76. The first-order chi connectivity index (χ1) is 8.91. The highest BCUT2D eigenvalue weighted by Crippen LogP contribution is 2.33. The molecule has 0 aliphatic carbocycles. The van der Waals surface area contributed by atoms with Crippen molar-refractivity contribution in [3.8, 4) is 0 Å². The lowest BCUT2D eigenvalue weighted by molar-refractivity contribution is -0.137. The molecule has 1 aromatic heterocycles. The number of para-hydroxylation sites is 1. The van der Waals surface area contributed by atoms with Crippen molar-refractivity contribution in [3.05, 3.63) is 35.5 Å². The zero-order valence-corrected chi connectivity index (χ0v) is 12.0. The molecule has 1 atom stereocenters. The first kappa shape index (κ1) is 13.7. The molecule has 0 bridgehead atoms. The van der Waals surface area contributed by atoms with Gasteiger partial charge in [-0.2, -0.15) is 0 Å². The summed E-state index contributed by atoms with van der Waals surface area (Å²) in [5.74, 6) is -0.256. The Morgan fingerprint density at radius 3 is 2.53 bits per heavy atom. The van der Waals surface area contributed by atoms with Crippen LogP contribution in [0, 0.1) is 0 Å². The summed E-state index contributed by atoms with van der Waals surface area (Å²) in [7, 11) is 2.03. The lowest BCUT2D eigenvalue weighted by atomic mass is 9.94. The fraction of sp³-hybridized carbons (Fsp3) is 0.438. The van der Waals surface area contributed by atoms with E-state index in [4.69, 9.17) is 5.11 Å². The number of aromatic nitrogens is 1. The highest BCUT2D eigenvalue weighted by molar-refractivity contribution is 5.88. The lowest BCUT2D eigenvalue weighted by Crippen LogP contribution is -2.02. The van der Waals surface area contributed by atoms with Gasteiger partial charge in [-0.05, 0) is 23.0 Å². The van der Waals surface area contributed by atoms with Crippen LogP contribution in [0.2, 0.25) is 0 Å². The van der Waals surface area contributed by atoms with E-state index in [9.17, 15) is 4.79 Å². The predicted octanol–water partition coefficient (Wildman–Crippen LogP) is 3.88. The van der Waals surface area contributed by atoms with Crippen molar-refractivity contribution >= 4 is 16.9 Å². The molecule has 3 heteroatoms. The van der Waals surface area contributed by atoms with Gasteiger partial charge < -0.3 is 9.67 Å². The van der Waals surface area contributed by atoms with E-state index in [-0.39, 0.29) is 12.3 Å². The normalized spacial score (nSPS) is 13.1. The number of aliphatic carboxylic acids is 1. The minimum atomic E-state index is -0.746. The average Bonchev–Trinajstić information content (AvgIpc) is 2.66. The molecule has 3 nitrogen and oxygen atoms in total. The van der Waals surface area contributed by atoms with Crippen molar-refractivity contribution in [2.45, 2.75) is 39.0 Å². The maximum Gasteiger partial charge on any atom is 0.303 e. The van der Waals surface area contributed by atoms with Gasteiger partial charge in [0.15, 0.2) is 0 Å². The molecular formula is C16H21NO2. The third-order valence-corrected chi connectivity index (χ3v) is 3.70. The summed E-state index contributed by atoms with van der Waals surface area (Å²) in [6.45, 7) is 6.34. The molecule has 2 aromatic rings. The van der Waals surface area contributed by atoms with Crippen molar-refractivity contribution in [2.75, 3.05) is 0 Å². The molecule has 1 heterocycles. The van der Waals surface area contributed by atoms with Gasteiger partial charge in [0.1, 0.15) is 0 Å². The first-order valence-electron chi connectivity index (χ1n) is 6.71. The van der Waals surface area contributed by atoms with E-state index in [1.165, 1.54) is 16.5 Å². The van der Waals surface area contributed by atoms with Crippen LogP contribution in [0.25, 0.3) is 10.9 Å². The second-order valence-electron chi connectivity index (χ2n) is 5.59. The zero-order chi connectivity index (χ0) is 14.2. The van der Waals surface area contributed by atoms with Crippen LogP contribution in [-0.2, 0) is 11.8 Å². The molecule has 1 N–H and O–H groups in total. The number of carboxylic acids is 1. The van der Waals surface area contributed by atoms with E-state index in [2.05, 4.69) is 42.8 Å². The van der Waals surface area contributed by atoms with Gasteiger partial charge in [-0.1, -0.05) is 39.0 Å². The molecule has 0 fully saturated rings. The third kappa shape index (κ3) is 2.50. The second-order valence-corrected chi connectivity index (χ2v) is 5.59. The first-order valence-corrected chi connectivity index (χ1v) is 6.71. The Morgan fingerprint density at radius 1 is 1.26 bits per heavy atom. The molecule has 0 saturated carbocycles. The van der Waals surface area contributed by atoms with Gasteiger partial charge in [-0.3, -0.25) is 4.79 Å². The fourth-order valence-electron chi connectivity index (χ4n) is 2.76. The Morgan fingerprint density at radius 2 is 1.95 bits per heavy atom. The number of nitrogens with zero attached hydrogens (tertiary/aromatic N) is 1. The quantitative estimate of drug-likeness (QED) is 0.905. The minimum Gasteiger partial charge on any atom is -0.481 e. The molecule has 1 aromatic carbocycles. The number of hydrogen-bond donors (Lipinski definition) is 1. The Balaban J connectivity index is 2.59. The molecule has 0 aliphatic rings. The van der Waals surface area contributed by atoms with Gasteiger partial charge in [0.05, 0.1) is 11.9 Å². The third-order valence-electron chi connectivity index (χ3n) is 3.70. The van der Waals surface area contributed by atoms with Crippen LogP contribution in [0.5, 0.6) is 0 Å². The number of carboxylic acid groups (broad SMARTS) is 1. The number of rotatable bonds is 4. The van der Waals surface area contributed by atoms with Crippen LogP contribution >= 0.6 is 0 Å². The Bertz CT molecular complexity index is 610. The van der Waals surface area contributed by atoms with Crippen molar-refractivity contribution in [1.82, 2.24) is 4.57 Å². The van der Waals surface area contributed by atoms with Gasteiger partial charge in [0.25, 0.3) is 0 Å². The smallest absolute Gasteiger partial charge is 0.303 e. The summed E-state index contributed by atoms with van der Waals surface area (Å²) in [6, 6.07) is 6.31. The van der Waals surface area contributed by atoms with Gasteiger partial charge >= 0.3 is 5.97 Å². The van der Waals surface area contributed by atoms with E-state index in [0.717, 1.165) is 5.56 Å². The van der Waals surface area contributed by atoms with Gasteiger partial charge in [-0.15, -0.1) is 0 Å². The monoisotopic (exact) mass is 259 g/mol. The molecule has 0 saturated heterocycles. The van der Waals surface area contributed by atoms with Crippen molar-refractivity contribution < 1.29 is 9.90 Å². The number of aryl methyl sites for hydroxylation is 1. The molecule has 1 unspecified atom stereocenters. The van der Waals surface area contributed by atoms with Crippen LogP contribution in [0.15, 0.2) is 24.4 Å². The predicted molar refractivity (Wildman–Crippen MR) is 77.7 cm³/mol. The highest BCUT2D eigenvalue weighted by atomic mass is 16.4. The maximum atomic E-state index is 10.9. The molecule has 2 rings (SSSR count). The number of benzene rings is 1. The van der Waals surface area contributed by atoms with Crippen LogP contribution in [0.4, 0.5) is 0 Å². The van der Waals surface area contributed by atoms with Gasteiger partial charge in [0.2, 0.25) is 0 Å². The number of hydrogen-bond acceptors (Lipinski definition) is 1. The van der Waals surface area contributed by atoms with Crippen molar-refractivity contribution in [2.24, 2.45) is 7.05 Å². The van der Waals surface area contributed by atoms with Crippen molar-refractivity contribution in [1.29, 1.82) is 0 Å². The summed E-state index contributed by atoms with van der Waals surface area (Å²) in [5, 5.41) is 10.1. The molecule has 0 amide bonds. The summed E-state index contributed by atoms with van der Waals surface area (Å²) in [6.07, 6.45) is 2.25. The minimum absolute atomic E-state index is 0.0311. The zero-order valence-electron chi connectivity index (χ0n) is 12.0. The van der Waals surface area contributed by atoms with Crippen LogP contribution < -0.4 is 0 Å². The molecule has 0 aliphatic heterocycles. The second kappa shape index (κ2) is 5.08. The van der Waals surface area contributed by atoms with E-state index >= 15 is 0 Å². The van der Waals surface area contributed by atoms with Crippen LogP contribution in [-0.4, -0.2) is 15.6 Å². The maximum absolute atomic E-state index is 10.9. The molecule has 0 spiro atoms. The number of carbonyl (C=O) groups is 1. The van der Waals surface area contributed by atoms with E-state index in [0.29, 0.717) is 5.92 Å². The van der Waals surface area contributed by atoms with E-state index in [1.807, 2.05) is 14.0 Å². The molecule has 0 radical (unpaired) electrons. The summed E-state index contributed by atoms with van der Waals surface area (Å²) >= 11 is 0. The van der Waals surface area contributed by atoms with Crippen LogP contribution in [0.3, 0.4) is 0 Å². The summed E-state index contributed by atoms with van der Waals surface area (Å²) < 4.78 is 2.12. The van der Waals surface area contributed by atoms with E-state index < -0.39 is 5.97 Å². The molecular weight excluding hydrogens is 238 g/mol. The average molecular weight is 259 g/mol. The topological polar surface area (TPSA) is 42.2 Å². The van der Waals surface area contributed by atoms with Crippen LogP contribution in [0.1, 0.15) is 50.2 Å². The van der Waals surface area contributed by atoms with Crippen molar-refractivity contribution in [3.63, 3.8) is 0 Å². The Labute approximate surface area is 113 Å².